The van der Waals surface area contributed by atoms with Gasteiger partial charge in [0.05, 0.1) is 0 Å². The number of rotatable bonds is 1. The Labute approximate surface area is 87.3 Å². The molecule has 0 aliphatic heterocycles. The van der Waals surface area contributed by atoms with Crippen molar-refractivity contribution < 1.29 is 28.8 Å². The molecular formula is CH5O6PSr. The molecule has 3 N–H and O–H groups in total. The second kappa shape index (κ2) is 4.68. The average Bonchev–Trinajstić information content (AvgIpc) is 1.21. The van der Waals surface area contributed by atoms with Crippen molar-refractivity contribution in [2.75, 3.05) is 0 Å². The van der Waals surface area contributed by atoms with E-state index in [9.17, 15) is 9.36 Å². The topological polar surface area (TPSA) is 104 Å². The van der Waals surface area contributed by atoms with Crippen molar-refractivity contribution in [1.82, 2.24) is 0 Å². The molecule has 8 heteroatoms. The van der Waals surface area contributed by atoms with Gasteiger partial charge in [0.2, 0.25) is 0 Å². The Morgan fingerprint density at radius 2 is 1.78 bits per heavy atom. The summed E-state index contributed by atoms with van der Waals surface area (Å²) in [5, 5.41) is 7.53. The van der Waals surface area contributed by atoms with E-state index < -0.39 is 14.0 Å². The van der Waals surface area contributed by atoms with Gasteiger partial charge in [0, 0.05) is 0 Å². The zero-order valence-corrected chi connectivity index (χ0v) is 4.41. The first-order valence-corrected chi connectivity index (χ1v) is 2.93. The van der Waals surface area contributed by atoms with Gasteiger partial charge in [-0.2, -0.15) is 0 Å². The second-order valence-electron chi connectivity index (χ2n) is 0.848. The second-order valence-corrected chi connectivity index (χ2v) is 2.01. The van der Waals surface area contributed by atoms with Crippen molar-refractivity contribution in [3.05, 3.63) is 0 Å². The summed E-state index contributed by atoms with van der Waals surface area (Å²) in [6, 6.07) is 0. The van der Waals surface area contributed by atoms with Gasteiger partial charge >= 0.3 is 59.5 Å². The number of hydrogen-bond acceptors (Lipinski definition) is 3. The predicted molar refractivity (Wildman–Crippen MR) is 29.7 cm³/mol. The molecule has 0 saturated carbocycles. The summed E-state index contributed by atoms with van der Waals surface area (Å²) < 4.78 is 12.6. The SMILES string of the molecule is O=C(O)OP(=O)(O)O.[SrH2]. The summed E-state index contributed by atoms with van der Waals surface area (Å²) in [6.45, 7) is 0. The van der Waals surface area contributed by atoms with Gasteiger partial charge in [-0.25, -0.2) is 9.36 Å². The molecule has 9 heavy (non-hydrogen) atoms. The number of hydrogen-bond donors (Lipinski definition) is 3. The third kappa shape index (κ3) is 12.2. The Balaban J connectivity index is 0. The third-order valence-corrected chi connectivity index (χ3v) is 0.591. The zero-order valence-electron chi connectivity index (χ0n) is 3.51. The monoisotopic (exact) mass is 232 g/mol. The summed E-state index contributed by atoms with van der Waals surface area (Å²) in [7, 11) is -4.82. The first-order chi connectivity index (χ1) is 3.42. The molecule has 0 aliphatic rings. The molecule has 0 fully saturated rings. The molecule has 0 bridgehead atoms. The van der Waals surface area contributed by atoms with Gasteiger partial charge in [0.15, 0.2) is 0 Å². The Morgan fingerprint density at radius 1 is 1.44 bits per heavy atom. The van der Waals surface area contributed by atoms with Crippen LogP contribution in [0.5, 0.6) is 0 Å². The van der Waals surface area contributed by atoms with Crippen molar-refractivity contribution in [2.24, 2.45) is 0 Å². The van der Waals surface area contributed by atoms with Crippen LogP contribution < -0.4 is 0 Å². The van der Waals surface area contributed by atoms with Crippen molar-refractivity contribution in [1.29, 1.82) is 0 Å². The maximum absolute atomic E-state index is 9.53. The van der Waals surface area contributed by atoms with Crippen molar-refractivity contribution in [3.63, 3.8) is 0 Å². The van der Waals surface area contributed by atoms with Crippen LogP contribution >= 0.6 is 7.82 Å². The van der Waals surface area contributed by atoms with Crippen LogP contribution in [0.15, 0.2) is 0 Å². The third-order valence-electron chi connectivity index (χ3n) is 0.197. The summed E-state index contributed by atoms with van der Waals surface area (Å²) in [4.78, 5) is 24.7. The molecule has 0 heterocycles. The number of carboxylic acid groups (broad SMARTS) is 1. The van der Waals surface area contributed by atoms with E-state index in [2.05, 4.69) is 4.52 Å². The first-order valence-electron chi connectivity index (χ1n) is 1.40. The fourth-order valence-electron chi connectivity index (χ4n) is 0.102. The van der Waals surface area contributed by atoms with Crippen molar-refractivity contribution in [3.8, 4) is 0 Å². The van der Waals surface area contributed by atoms with E-state index in [0.29, 0.717) is 0 Å². The molecule has 0 spiro atoms. The molecule has 0 aromatic carbocycles. The summed E-state index contributed by atoms with van der Waals surface area (Å²) >= 11 is 0. The number of phosphoric ester groups is 1. The average molecular weight is 232 g/mol. The summed E-state index contributed by atoms with van der Waals surface area (Å²) in [5.74, 6) is 0. The Morgan fingerprint density at radius 3 is 1.78 bits per heavy atom. The zero-order chi connectivity index (χ0) is 6.78. The van der Waals surface area contributed by atoms with Crippen LogP contribution in [-0.2, 0) is 9.09 Å². The fraction of sp³-hybridized carbons (Fsp3) is 0. The molecular weight excluding hydrogens is 227 g/mol. The Hall–Kier alpha value is 0.901. The van der Waals surface area contributed by atoms with Crippen LogP contribution in [0, 0.1) is 0 Å². The van der Waals surface area contributed by atoms with E-state index in [1.807, 2.05) is 0 Å². The minimum absolute atomic E-state index is 0. The van der Waals surface area contributed by atoms with E-state index in [1.54, 1.807) is 0 Å². The molecule has 0 atom stereocenters. The molecule has 0 radical (unpaired) electrons. The van der Waals surface area contributed by atoms with Crippen LogP contribution in [0.25, 0.3) is 0 Å². The van der Waals surface area contributed by atoms with E-state index in [1.165, 1.54) is 0 Å². The van der Waals surface area contributed by atoms with Gasteiger partial charge in [-0.1, -0.05) is 0 Å². The molecule has 6 nitrogen and oxygen atoms in total. The standard InChI is InChI=1S/CH3O6P.Sr.2H/c2-1(3)7-8(4,5)6;;;/h(H,2,3)(H2,4,5,6);;;. The molecule has 52 valence electrons. The predicted octanol–water partition coefficient (Wildman–Crippen LogP) is -1.14. The van der Waals surface area contributed by atoms with Crippen LogP contribution in [0.1, 0.15) is 0 Å². The Bertz CT molecular complexity index is 136. The molecule has 0 aliphatic carbocycles. The van der Waals surface area contributed by atoms with Crippen LogP contribution in [-0.4, -0.2) is 66.5 Å². The van der Waals surface area contributed by atoms with Crippen molar-refractivity contribution >= 4 is 59.5 Å². The van der Waals surface area contributed by atoms with Gasteiger partial charge in [0.1, 0.15) is 0 Å². The van der Waals surface area contributed by atoms with E-state index in [0.717, 1.165) is 0 Å². The maximum atomic E-state index is 9.53. The van der Waals surface area contributed by atoms with Gasteiger partial charge in [-0.05, 0) is 0 Å². The first kappa shape index (κ1) is 12.6. The van der Waals surface area contributed by atoms with E-state index >= 15 is 0 Å². The molecule has 0 aromatic rings. The van der Waals surface area contributed by atoms with Crippen LogP contribution in [0.2, 0.25) is 0 Å². The molecule has 0 unspecified atom stereocenters. The molecule has 0 amide bonds. The molecule has 0 rings (SSSR count). The normalized spacial score (nSPS) is 9.56. The quantitative estimate of drug-likeness (QED) is 0.389. The summed E-state index contributed by atoms with van der Waals surface area (Å²) in [5.41, 5.74) is 0. The molecule has 0 saturated heterocycles. The molecule has 0 aromatic heterocycles. The van der Waals surface area contributed by atoms with Gasteiger partial charge < -0.3 is 9.63 Å². The Kier molecular flexibility index (Phi) is 6.53. The van der Waals surface area contributed by atoms with Gasteiger partial charge in [-0.3, -0.25) is 9.79 Å². The number of phosphoric acid groups is 1. The van der Waals surface area contributed by atoms with Crippen LogP contribution in [0.4, 0.5) is 4.79 Å². The summed E-state index contributed by atoms with van der Waals surface area (Å²) in [6.07, 6.45) is -1.99. The van der Waals surface area contributed by atoms with E-state index in [4.69, 9.17) is 14.9 Å². The van der Waals surface area contributed by atoms with Crippen LogP contribution in [0.3, 0.4) is 0 Å². The van der Waals surface area contributed by atoms with Crippen molar-refractivity contribution in [2.45, 2.75) is 0 Å². The van der Waals surface area contributed by atoms with E-state index in [-0.39, 0.29) is 45.5 Å². The van der Waals surface area contributed by atoms with Gasteiger partial charge in [0.25, 0.3) is 0 Å². The minimum atomic E-state index is -4.82. The number of carbonyl (C=O) groups is 1. The van der Waals surface area contributed by atoms with Gasteiger partial charge in [-0.15, -0.1) is 0 Å². The fourth-order valence-corrected chi connectivity index (χ4v) is 0.305.